The van der Waals surface area contributed by atoms with E-state index in [-0.39, 0.29) is 23.8 Å². The van der Waals surface area contributed by atoms with Gasteiger partial charge in [-0.3, -0.25) is 19.2 Å². The van der Waals surface area contributed by atoms with Gasteiger partial charge in [0.25, 0.3) is 0 Å². The lowest BCUT2D eigenvalue weighted by molar-refractivity contribution is -0.339. The van der Waals surface area contributed by atoms with Gasteiger partial charge in [0, 0.05) is 35.0 Å². The van der Waals surface area contributed by atoms with Crippen molar-refractivity contribution in [1.82, 2.24) is 16.0 Å². The molecule has 0 bridgehead atoms. The van der Waals surface area contributed by atoms with Crippen LogP contribution in [0.15, 0.2) is 5.11 Å². The summed E-state index contributed by atoms with van der Waals surface area (Å²) in [7, 11) is 0. The number of amides is 3. The maximum atomic E-state index is 12.9. The molecular formula is C35H60N6O17S. The molecule has 3 rings (SSSR count). The average Bonchev–Trinajstić information content (AvgIpc) is 3.20. The van der Waals surface area contributed by atoms with E-state index < -0.39 is 148 Å². The molecule has 3 fully saturated rings. The third-order valence-electron chi connectivity index (χ3n) is 10.5. The number of carbonyl (C=O) groups is 4. The highest BCUT2D eigenvalue weighted by molar-refractivity contribution is 7.99. The van der Waals surface area contributed by atoms with Crippen LogP contribution in [-0.4, -0.2) is 195 Å². The molecule has 23 nitrogen and oxygen atoms in total. The van der Waals surface area contributed by atoms with Crippen LogP contribution in [0.4, 0.5) is 0 Å². The van der Waals surface area contributed by atoms with Gasteiger partial charge in [-0.2, -0.15) is 11.8 Å². The van der Waals surface area contributed by atoms with Crippen LogP contribution >= 0.6 is 11.8 Å². The van der Waals surface area contributed by atoms with Crippen molar-refractivity contribution in [2.24, 2.45) is 22.9 Å². The highest BCUT2D eigenvalue weighted by Gasteiger charge is 2.50. The molecule has 24 heteroatoms. The monoisotopic (exact) mass is 868 g/mol. The zero-order valence-electron chi connectivity index (χ0n) is 33.4. The van der Waals surface area contributed by atoms with Gasteiger partial charge >= 0.3 is 0 Å². The Morgan fingerprint density at radius 2 is 1.47 bits per heavy atom. The second-order valence-electron chi connectivity index (χ2n) is 15.0. The number of hydrogen-bond acceptors (Lipinski definition) is 19. The quantitative estimate of drug-likeness (QED) is 0.0215. The number of ketones is 1. The Hall–Kier alpha value is -2.78. The van der Waals surface area contributed by atoms with Crippen LogP contribution in [0.5, 0.6) is 0 Å². The Kier molecular flexibility index (Phi) is 21.1. The topological polar surface area (TPSA) is 361 Å². The van der Waals surface area contributed by atoms with E-state index in [0.717, 1.165) is 11.8 Å². The van der Waals surface area contributed by atoms with Crippen LogP contribution < -0.4 is 16.0 Å². The number of thioether (sulfide) groups is 1. The molecule has 0 spiro atoms. The van der Waals surface area contributed by atoms with Crippen molar-refractivity contribution >= 4 is 35.3 Å². The molecule has 11 N–H and O–H groups in total. The molecule has 59 heavy (non-hydrogen) atoms. The molecule has 3 saturated heterocycles. The number of unbranched alkanes of at least 4 members (excludes halogenated alkanes) is 1. The molecule has 3 aliphatic heterocycles. The first kappa shape index (κ1) is 50.6. The number of hydrogen-bond donors (Lipinski definition) is 11. The fraction of sp³-hybridized carbons (Fsp3) is 0.886. The zero-order valence-corrected chi connectivity index (χ0v) is 34.2. The summed E-state index contributed by atoms with van der Waals surface area (Å²) in [4.78, 5) is 53.1. The van der Waals surface area contributed by atoms with Crippen molar-refractivity contribution in [1.29, 1.82) is 0 Å². The molecule has 3 aliphatic rings. The number of rotatable bonds is 22. The fourth-order valence-electron chi connectivity index (χ4n) is 6.73. The number of nitrogens with zero attached hydrogens (tertiary/aromatic N) is 3. The first-order chi connectivity index (χ1) is 28.0. The lowest BCUT2D eigenvalue weighted by Gasteiger charge is -2.46. The Balaban J connectivity index is 1.36. The first-order valence-corrected chi connectivity index (χ1v) is 20.6. The predicted octanol–water partition coefficient (Wildman–Crippen LogP) is -3.86. The van der Waals surface area contributed by atoms with Crippen LogP contribution in [0.2, 0.25) is 0 Å². The summed E-state index contributed by atoms with van der Waals surface area (Å²) in [5.41, 5.74) is 8.69. The fourth-order valence-corrected chi connectivity index (χ4v) is 7.62. The van der Waals surface area contributed by atoms with E-state index in [9.17, 15) is 60.0 Å². The van der Waals surface area contributed by atoms with E-state index in [1.165, 1.54) is 6.92 Å². The summed E-state index contributed by atoms with van der Waals surface area (Å²) in [6.07, 6.45) is -15.9. The van der Waals surface area contributed by atoms with Crippen molar-refractivity contribution < 1.29 is 83.7 Å². The van der Waals surface area contributed by atoms with E-state index in [2.05, 4.69) is 26.0 Å². The number of nitrogens with one attached hydrogen (secondary N) is 3. The number of ether oxygens (including phenoxy) is 5. The Bertz CT molecular complexity index is 1410. The van der Waals surface area contributed by atoms with Crippen molar-refractivity contribution in [3.05, 3.63) is 10.4 Å². The smallest absolute Gasteiger partial charge is 0.246 e. The van der Waals surface area contributed by atoms with Crippen LogP contribution in [0.3, 0.4) is 0 Å². The highest BCUT2D eigenvalue weighted by atomic mass is 32.2. The van der Waals surface area contributed by atoms with E-state index in [1.54, 1.807) is 20.8 Å². The van der Waals surface area contributed by atoms with Gasteiger partial charge in [-0.05, 0) is 31.7 Å². The standard InChI is InChI=1S/C35H60N6O17S/c1-15(13-59-14-24(47)39-33-16(2)26(49)31(22(11-44)55-33)58-35-29(52)28(51)27(50)20(9-42)57-35)32(53)38-19(18(4)45)7-5-6-8-37-23(46)12-54-30-21(10-43)56-34(40-41-36)17(3)25(30)48/h15-17,19-22,25-31,33-35,42-44,48-52H,5-14H2,1-4H3,(H,37,46)(H,38,53)(H,39,47)/t15-,16-,17?,19-,20?,21?,22?,25+,26?,27-,28?,29-,30+,31+,33+,34+,35-/m0/s1. The molecule has 0 aromatic carbocycles. The van der Waals surface area contributed by atoms with Crippen molar-refractivity contribution in [2.75, 3.05) is 44.5 Å². The van der Waals surface area contributed by atoms with Crippen molar-refractivity contribution in [3.63, 3.8) is 0 Å². The number of aliphatic hydroxyl groups is 8. The number of aliphatic hydroxyl groups excluding tert-OH is 8. The Morgan fingerprint density at radius 3 is 2.10 bits per heavy atom. The molecule has 0 radical (unpaired) electrons. The van der Waals surface area contributed by atoms with E-state index in [4.69, 9.17) is 29.2 Å². The summed E-state index contributed by atoms with van der Waals surface area (Å²) >= 11 is 1.14. The minimum atomic E-state index is -1.75. The van der Waals surface area contributed by atoms with Crippen molar-refractivity contribution in [2.45, 2.75) is 133 Å². The summed E-state index contributed by atoms with van der Waals surface area (Å²) in [6.45, 7) is 4.02. The second kappa shape index (κ2) is 24.6. The second-order valence-corrected chi connectivity index (χ2v) is 16.0. The molecule has 0 aromatic heterocycles. The molecule has 0 aliphatic carbocycles. The van der Waals surface area contributed by atoms with E-state index in [0.29, 0.717) is 19.3 Å². The van der Waals surface area contributed by atoms with Gasteiger partial charge in [-0.25, -0.2) is 0 Å². The maximum absolute atomic E-state index is 12.9. The Labute approximate surface area is 345 Å². The molecular weight excluding hydrogens is 808 g/mol. The minimum absolute atomic E-state index is 0.101. The van der Waals surface area contributed by atoms with Gasteiger partial charge in [-0.15, -0.1) is 0 Å². The first-order valence-electron chi connectivity index (χ1n) is 19.4. The average molecular weight is 869 g/mol. The molecule has 338 valence electrons. The van der Waals surface area contributed by atoms with Crippen LogP contribution in [0.1, 0.15) is 47.0 Å². The number of azide groups is 1. The number of Topliss-reactive ketones (excluding diaryl/α,β-unsaturated/α-hetero) is 1. The van der Waals surface area contributed by atoms with Gasteiger partial charge in [0.2, 0.25) is 17.7 Å². The third-order valence-corrected chi connectivity index (χ3v) is 11.7. The summed E-state index contributed by atoms with van der Waals surface area (Å²) in [6, 6.07) is -0.777. The minimum Gasteiger partial charge on any atom is -0.394 e. The van der Waals surface area contributed by atoms with Crippen LogP contribution in [0.25, 0.3) is 10.4 Å². The van der Waals surface area contributed by atoms with Gasteiger partial charge in [-0.1, -0.05) is 25.9 Å². The van der Waals surface area contributed by atoms with Crippen LogP contribution in [-0.2, 0) is 42.9 Å². The molecule has 6 unspecified atom stereocenters. The number of carbonyl (C=O) groups excluding carboxylic acids is 4. The van der Waals surface area contributed by atoms with E-state index in [1.807, 2.05) is 0 Å². The SMILES string of the molecule is CC(=O)[C@H](CCCCNC(=O)CO[C@@H]1C(CO)O[C@@H](N=[N+]=[N-])C(C)[C@H]1O)NC(=O)[C@@H](C)CSCC(=O)N[C@@H]1OC(CO)[C@@H](O[C@@H]2OC(CO)[C@H](O)C(O)[C@@H]2O)C(O)[C@@H]1C. The normalized spacial score (nSPS) is 35.8. The molecule has 0 aromatic rings. The lowest BCUT2D eigenvalue weighted by atomic mass is 9.91. The third kappa shape index (κ3) is 14.1. The van der Waals surface area contributed by atoms with Gasteiger partial charge in [0.1, 0.15) is 67.9 Å². The Morgan fingerprint density at radius 1 is 0.831 bits per heavy atom. The van der Waals surface area contributed by atoms with Crippen molar-refractivity contribution in [3.8, 4) is 0 Å². The predicted molar refractivity (Wildman–Crippen MR) is 203 cm³/mol. The van der Waals surface area contributed by atoms with Gasteiger partial charge < -0.3 is 80.5 Å². The van der Waals surface area contributed by atoms with Crippen LogP contribution in [0, 0.1) is 17.8 Å². The van der Waals surface area contributed by atoms with Gasteiger partial charge in [0.05, 0.1) is 43.8 Å². The zero-order chi connectivity index (χ0) is 44.0. The molecule has 3 heterocycles. The maximum Gasteiger partial charge on any atom is 0.246 e. The molecule has 3 amide bonds. The molecule has 17 atom stereocenters. The lowest BCUT2D eigenvalue weighted by Crippen LogP contribution is -2.64. The summed E-state index contributed by atoms with van der Waals surface area (Å²) in [5.74, 6) is -3.57. The summed E-state index contributed by atoms with van der Waals surface area (Å²) in [5, 5.41) is 92.6. The van der Waals surface area contributed by atoms with E-state index >= 15 is 0 Å². The summed E-state index contributed by atoms with van der Waals surface area (Å²) < 4.78 is 27.8. The van der Waals surface area contributed by atoms with Gasteiger partial charge in [0.15, 0.2) is 12.1 Å². The highest BCUT2D eigenvalue weighted by Crippen LogP contribution is 2.32. The molecule has 0 saturated carbocycles. The largest absolute Gasteiger partial charge is 0.394 e.